The first-order chi connectivity index (χ1) is 13.9. The van der Waals surface area contributed by atoms with Crippen LogP contribution in [0.4, 0.5) is 0 Å². The van der Waals surface area contributed by atoms with E-state index >= 15 is 0 Å². The quantitative estimate of drug-likeness (QED) is 0.617. The summed E-state index contributed by atoms with van der Waals surface area (Å²) in [6.45, 7) is 0.726. The Morgan fingerprint density at radius 3 is 2.45 bits per heavy atom. The molecule has 0 saturated heterocycles. The number of benzene rings is 2. The lowest BCUT2D eigenvalue weighted by atomic mass is 10.1. The monoisotopic (exact) mass is 457 g/mol. The van der Waals surface area contributed by atoms with Gasteiger partial charge in [-0.2, -0.15) is 0 Å². The van der Waals surface area contributed by atoms with Gasteiger partial charge >= 0.3 is 0 Å². The lowest BCUT2D eigenvalue weighted by Crippen LogP contribution is -2.35. The average molecular weight is 458 g/mol. The van der Waals surface area contributed by atoms with Gasteiger partial charge in [-0.15, -0.1) is 0 Å². The lowest BCUT2D eigenvalue weighted by Gasteiger charge is -2.25. The first-order valence-electron chi connectivity index (χ1n) is 9.52. The topological polar surface area (TPSA) is 69.7 Å². The van der Waals surface area contributed by atoms with E-state index in [9.17, 15) is 14.4 Å². The van der Waals surface area contributed by atoms with Gasteiger partial charge in [-0.25, -0.2) is 0 Å². The van der Waals surface area contributed by atoms with Crippen molar-refractivity contribution in [3.63, 3.8) is 0 Å². The fourth-order valence-corrected chi connectivity index (χ4v) is 3.80. The second-order valence-electron chi connectivity index (χ2n) is 7.25. The molecule has 1 N–H and O–H groups in total. The number of fused-ring (bicyclic) bond motifs is 1. The summed E-state index contributed by atoms with van der Waals surface area (Å²) in [4.78, 5) is 40.4. The summed E-state index contributed by atoms with van der Waals surface area (Å²) in [5.41, 5.74) is 1.96. The van der Waals surface area contributed by atoms with Gasteiger partial charge in [-0.1, -0.05) is 46.3 Å². The molecule has 29 heavy (non-hydrogen) atoms. The number of carbonyl (C=O) groups excluding carboxylic acids is 3. The summed E-state index contributed by atoms with van der Waals surface area (Å²) in [6, 6.07) is 15.1. The van der Waals surface area contributed by atoms with Crippen LogP contribution in [0, 0.1) is 0 Å². The van der Waals surface area contributed by atoms with Gasteiger partial charge < -0.3 is 10.2 Å². The minimum Gasteiger partial charge on any atom is -0.354 e. The molecule has 1 atom stereocenters. The van der Waals surface area contributed by atoms with E-state index in [4.69, 9.17) is 0 Å². The minimum absolute atomic E-state index is 0.0785. The van der Waals surface area contributed by atoms with Gasteiger partial charge in [0.25, 0.3) is 11.8 Å². The van der Waals surface area contributed by atoms with Gasteiger partial charge in [0.1, 0.15) is 0 Å². The number of hydrogen-bond acceptors (Lipinski definition) is 4. The fraction of sp³-hybridized carbons (Fsp3) is 0.318. The molecule has 0 bridgehead atoms. The second-order valence-corrected chi connectivity index (χ2v) is 8.17. The maximum atomic E-state index is 12.5. The Bertz CT molecular complexity index is 915. The molecule has 1 aliphatic heterocycles. The Balaban J connectivity index is 1.49. The van der Waals surface area contributed by atoms with Crippen molar-refractivity contribution < 1.29 is 14.4 Å². The number of likely N-dealkylation sites (N-methyl/N-ethyl adjacent to an activating group) is 1. The molecule has 0 fully saturated rings. The first kappa shape index (κ1) is 21.2. The second kappa shape index (κ2) is 9.33. The third kappa shape index (κ3) is 4.92. The molecular formula is C22H24BrN3O3. The molecule has 1 unspecified atom stereocenters. The maximum Gasteiger partial charge on any atom is 0.261 e. The third-order valence-electron chi connectivity index (χ3n) is 5.02. The molecule has 0 radical (unpaired) electrons. The van der Waals surface area contributed by atoms with Crippen LogP contribution in [-0.2, 0) is 4.79 Å². The Labute approximate surface area is 179 Å². The molecule has 0 aliphatic carbocycles. The normalized spacial score (nSPS) is 14.3. The van der Waals surface area contributed by atoms with Crippen LogP contribution in [0.3, 0.4) is 0 Å². The number of nitrogens with one attached hydrogen (secondary N) is 1. The van der Waals surface area contributed by atoms with E-state index < -0.39 is 0 Å². The summed E-state index contributed by atoms with van der Waals surface area (Å²) in [6.07, 6.45) is 0.683. The summed E-state index contributed by atoms with van der Waals surface area (Å²) >= 11 is 3.32. The van der Waals surface area contributed by atoms with Crippen LogP contribution in [0.5, 0.6) is 0 Å². The minimum atomic E-state index is -0.302. The number of rotatable bonds is 8. The van der Waals surface area contributed by atoms with Crippen molar-refractivity contribution in [2.45, 2.75) is 18.9 Å². The molecule has 0 saturated carbocycles. The zero-order chi connectivity index (χ0) is 21.0. The molecule has 0 aromatic heterocycles. The number of carbonyl (C=O) groups is 3. The van der Waals surface area contributed by atoms with E-state index in [1.807, 2.05) is 44.4 Å². The molecule has 2 aromatic carbocycles. The number of nitrogens with zero attached hydrogens (tertiary/aromatic N) is 2. The SMILES string of the molecule is CN(C)C(CNC(=O)CCCN1C(=O)c2ccc(Br)cc2C1=O)c1ccccc1. The fourth-order valence-electron chi connectivity index (χ4n) is 3.44. The Morgan fingerprint density at radius 2 is 1.76 bits per heavy atom. The van der Waals surface area contributed by atoms with E-state index in [0.717, 1.165) is 10.0 Å². The molecule has 6 nitrogen and oxygen atoms in total. The van der Waals surface area contributed by atoms with E-state index in [-0.39, 0.29) is 36.7 Å². The molecule has 2 aromatic rings. The zero-order valence-electron chi connectivity index (χ0n) is 16.5. The standard InChI is InChI=1S/C22H24BrN3O3/c1-25(2)19(15-7-4-3-5-8-15)14-24-20(27)9-6-12-26-21(28)17-11-10-16(23)13-18(17)22(26)29/h3-5,7-8,10-11,13,19H,6,9,12,14H2,1-2H3,(H,24,27). The van der Waals surface area contributed by atoms with Gasteiger partial charge in [0.15, 0.2) is 0 Å². The summed E-state index contributed by atoms with van der Waals surface area (Å²) in [7, 11) is 3.95. The first-order valence-corrected chi connectivity index (χ1v) is 10.3. The molecule has 1 heterocycles. The van der Waals surface area contributed by atoms with E-state index in [2.05, 4.69) is 26.1 Å². The van der Waals surface area contributed by atoms with Crippen LogP contribution in [0.2, 0.25) is 0 Å². The van der Waals surface area contributed by atoms with E-state index in [1.54, 1.807) is 18.2 Å². The molecule has 152 valence electrons. The Hall–Kier alpha value is -2.51. The average Bonchev–Trinajstić information content (AvgIpc) is 2.93. The van der Waals surface area contributed by atoms with Crippen molar-refractivity contribution in [3.05, 3.63) is 69.7 Å². The summed E-state index contributed by atoms with van der Waals surface area (Å²) in [5, 5.41) is 2.96. The number of imide groups is 1. The predicted octanol–water partition coefficient (Wildman–Crippen LogP) is 3.24. The Kier molecular flexibility index (Phi) is 6.82. The van der Waals surface area contributed by atoms with Gasteiger partial charge in [0.05, 0.1) is 17.2 Å². The van der Waals surface area contributed by atoms with Crippen molar-refractivity contribution >= 4 is 33.7 Å². The predicted molar refractivity (Wildman–Crippen MR) is 115 cm³/mol. The molecular weight excluding hydrogens is 434 g/mol. The third-order valence-corrected chi connectivity index (χ3v) is 5.51. The molecule has 3 amide bonds. The number of halogens is 1. The smallest absolute Gasteiger partial charge is 0.261 e. The molecule has 3 rings (SSSR count). The molecule has 1 aliphatic rings. The highest BCUT2D eigenvalue weighted by Crippen LogP contribution is 2.26. The maximum absolute atomic E-state index is 12.5. The lowest BCUT2D eigenvalue weighted by molar-refractivity contribution is -0.121. The number of hydrogen-bond donors (Lipinski definition) is 1. The Morgan fingerprint density at radius 1 is 1.07 bits per heavy atom. The van der Waals surface area contributed by atoms with E-state index in [1.165, 1.54) is 4.90 Å². The highest BCUT2D eigenvalue weighted by molar-refractivity contribution is 9.10. The van der Waals surface area contributed by atoms with Crippen LogP contribution in [0.15, 0.2) is 53.0 Å². The molecule has 7 heteroatoms. The van der Waals surface area contributed by atoms with E-state index in [0.29, 0.717) is 24.1 Å². The summed E-state index contributed by atoms with van der Waals surface area (Å²) in [5.74, 6) is -0.690. The number of amides is 3. The van der Waals surface area contributed by atoms with Gasteiger partial charge in [-0.3, -0.25) is 19.3 Å². The van der Waals surface area contributed by atoms with Gasteiger partial charge in [0, 0.05) is 24.0 Å². The van der Waals surface area contributed by atoms with Crippen molar-refractivity contribution in [3.8, 4) is 0 Å². The van der Waals surface area contributed by atoms with Crippen LogP contribution >= 0.6 is 15.9 Å². The highest BCUT2D eigenvalue weighted by Gasteiger charge is 2.35. The van der Waals surface area contributed by atoms with Gasteiger partial charge in [-0.05, 0) is 44.3 Å². The van der Waals surface area contributed by atoms with Crippen molar-refractivity contribution in [1.82, 2.24) is 15.1 Å². The largest absolute Gasteiger partial charge is 0.354 e. The zero-order valence-corrected chi connectivity index (χ0v) is 18.1. The van der Waals surface area contributed by atoms with Crippen LogP contribution in [-0.4, -0.2) is 54.7 Å². The highest BCUT2D eigenvalue weighted by atomic mass is 79.9. The van der Waals surface area contributed by atoms with Crippen molar-refractivity contribution in [2.75, 3.05) is 27.2 Å². The summed E-state index contributed by atoms with van der Waals surface area (Å²) < 4.78 is 0.757. The molecule has 0 spiro atoms. The van der Waals surface area contributed by atoms with Gasteiger partial charge in [0.2, 0.25) is 5.91 Å². The van der Waals surface area contributed by atoms with Crippen LogP contribution in [0.25, 0.3) is 0 Å². The van der Waals surface area contributed by atoms with Crippen LogP contribution < -0.4 is 5.32 Å². The van der Waals surface area contributed by atoms with Crippen molar-refractivity contribution in [1.29, 1.82) is 0 Å². The van der Waals surface area contributed by atoms with Crippen LogP contribution in [0.1, 0.15) is 45.2 Å². The van der Waals surface area contributed by atoms with Crippen molar-refractivity contribution in [2.24, 2.45) is 0 Å².